The summed E-state index contributed by atoms with van der Waals surface area (Å²) < 4.78 is 0. The minimum Gasteiger partial charge on any atom is -0.480 e. The van der Waals surface area contributed by atoms with Gasteiger partial charge in [0.1, 0.15) is 0 Å². The van der Waals surface area contributed by atoms with Gasteiger partial charge in [-0.05, 0) is 24.7 Å². The normalized spacial score (nSPS) is 23.1. The van der Waals surface area contributed by atoms with Gasteiger partial charge in [-0.1, -0.05) is 33.6 Å². The van der Waals surface area contributed by atoms with Crippen molar-refractivity contribution in [3.63, 3.8) is 0 Å². The Kier molecular flexibility index (Phi) is 6.99. The first-order valence-electron chi connectivity index (χ1n) is 7.62. The molecule has 0 aromatic rings. The van der Waals surface area contributed by atoms with E-state index in [2.05, 4.69) is 12.2 Å². The second kappa shape index (κ2) is 8.25. The van der Waals surface area contributed by atoms with Crippen molar-refractivity contribution in [1.29, 1.82) is 0 Å². The third-order valence-electron chi connectivity index (χ3n) is 3.81. The van der Waals surface area contributed by atoms with Gasteiger partial charge in [-0.2, -0.15) is 0 Å². The molecule has 0 spiro atoms. The van der Waals surface area contributed by atoms with E-state index in [4.69, 9.17) is 5.11 Å². The highest BCUT2D eigenvalue weighted by Crippen LogP contribution is 2.23. The fourth-order valence-electron chi connectivity index (χ4n) is 2.88. The van der Waals surface area contributed by atoms with Gasteiger partial charge in [0, 0.05) is 12.6 Å². The van der Waals surface area contributed by atoms with Gasteiger partial charge in [0.2, 0.25) is 5.91 Å². The maximum Gasteiger partial charge on any atom is 0.317 e. The summed E-state index contributed by atoms with van der Waals surface area (Å²) in [4.78, 5) is 24.6. The van der Waals surface area contributed by atoms with Crippen molar-refractivity contribution in [3.8, 4) is 0 Å². The van der Waals surface area contributed by atoms with Gasteiger partial charge in [0.25, 0.3) is 0 Å². The molecule has 0 aliphatic heterocycles. The number of amides is 1. The lowest BCUT2D eigenvalue weighted by atomic mass is 9.86. The number of hydrogen-bond donors (Lipinski definition) is 2. The zero-order valence-electron chi connectivity index (χ0n) is 12.9. The molecular weight excluding hydrogens is 256 g/mol. The highest BCUT2D eigenvalue weighted by Gasteiger charge is 2.24. The third kappa shape index (κ3) is 6.37. The van der Waals surface area contributed by atoms with Crippen LogP contribution in [0.15, 0.2) is 0 Å². The molecule has 5 nitrogen and oxygen atoms in total. The van der Waals surface area contributed by atoms with Crippen LogP contribution in [0.25, 0.3) is 0 Å². The number of nitrogens with one attached hydrogen (secondary N) is 1. The first-order valence-corrected chi connectivity index (χ1v) is 7.62. The Balaban J connectivity index is 2.45. The Bertz CT molecular complexity index is 331. The minimum absolute atomic E-state index is 0.0503. The maximum atomic E-state index is 12.1. The number of rotatable bonds is 7. The lowest BCUT2D eigenvalue weighted by Crippen LogP contribution is -2.47. The molecule has 0 aromatic carbocycles. The molecule has 1 fully saturated rings. The number of carbonyl (C=O) groups excluding carboxylic acids is 1. The summed E-state index contributed by atoms with van der Waals surface area (Å²) in [5, 5.41) is 12.0. The first-order chi connectivity index (χ1) is 9.38. The summed E-state index contributed by atoms with van der Waals surface area (Å²) in [5.41, 5.74) is 0. The summed E-state index contributed by atoms with van der Waals surface area (Å²) in [7, 11) is 0. The molecular formula is C15H28N2O3. The predicted octanol–water partition coefficient (Wildman–Crippen LogP) is 1.72. The fraction of sp³-hybridized carbons (Fsp3) is 0.867. The molecule has 2 atom stereocenters. The standard InChI is InChI=1S/C15H28N2O3/c1-11(2)8-17(10-15(19)20)9-14(18)16-13-7-5-4-6-12(13)3/h11-13H,4-10H2,1-3H3,(H,16,18)(H,19,20). The molecule has 0 radical (unpaired) electrons. The van der Waals surface area contributed by atoms with Crippen molar-refractivity contribution in [2.24, 2.45) is 11.8 Å². The van der Waals surface area contributed by atoms with E-state index in [1.165, 1.54) is 12.8 Å². The van der Waals surface area contributed by atoms with Gasteiger partial charge in [-0.25, -0.2) is 0 Å². The van der Waals surface area contributed by atoms with E-state index >= 15 is 0 Å². The average molecular weight is 284 g/mol. The molecule has 1 aliphatic rings. The van der Waals surface area contributed by atoms with Crippen molar-refractivity contribution in [3.05, 3.63) is 0 Å². The molecule has 1 saturated carbocycles. The lowest BCUT2D eigenvalue weighted by Gasteiger charge is -2.30. The second-order valence-corrected chi connectivity index (χ2v) is 6.39. The van der Waals surface area contributed by atoms with E-state index in [9.17, 15) is 9.59 Å². The zero-order chi connectivity index (χ0) is 15.1. The Hall–Kier alpha value is -1.10. The second-order valence-electron chi connectivity index (χ2n) is 6.39. The molecule has 2 N–H and O–H groups in total. The summed E-state index contributed by atoms with van der Waals surface area (Å²) in [6, 6.07) is 0.252. The van der Waals surface area contributed by atoms with Crippen LogP contribution in [0.1, 0.15) is 46.5 Å². The quantitative estimate of drug-likeness (QED) is 0.747. The van der Waals surface area contributed by atoms with E-state index in [-0.39, 0.29) is 25.0 Å². The summed E-state index contributed by atoms with van der Waals surface area (Å²) in [6.07, 6.45) is 4.61. The van der Waals surface area contributed by atoms with Crippen molar-refractivity contribution in [1.82, 2.24) is 10.2 Å². The zero-order valence-corrected chi connectivity index (χ0v) is 12.9. The number of nitrogens with zero attached hydrogens (tertiary/aromatic N) is 1. The molecule has 0 bridgehead atoms. The summed E-state index contributed by atoms with van der Waals surface area (Å²) in [5.74, 6) is -0.0726. The van der Waals surface area contributed by atoms with Crippen LogP contribution in [0.2, 0.25) is 0 Å². The molecule has 2 unspecified atom stereocenters. The molecule has 1 aliphatic carbocycles. The van der Waals surface area contributed by atoms with E-state index in [1.54, 1.807) is 4.90 Å². The third-order valence-corrected chi connectivity index (χ3v) is 3.81. The van der Waals surface area contributed by atoms with Crippen molar-refractivity contribution in [2.75, 3.05) is 19.6 Å². The number of aliphatic carboxylic acids is 1. The maximum absolute atomic E-state index is 12.1. The van der Waals surface area contributed by atoms with Crippen LogP contribution in [0.3, 0.4) is 0 Å². The van der Waals surface area contributed by atoms with Crippen molar-refractivity contribution >= 4 is 11.9 Å². The molecule has 1 rings (SSSR count). The molecule has 0 heterocycles. The van der Waals surface area contributed by atoms with Crippen molar-refractivity contribution in [2.45, 2.75) is 52.5 Å². The Morgan fingerprint density at radius 1 is 1.25 bits per heavy atom. The van der Waals surface area contributed by atoms with E-state index in [0.29, 0.717) is 18.4 Å². The van der Waals surface area contributed by atoms with Crippen molar-refractivity contribution < 1.29 is 14.7 Å². The summed E-state index contributed by atoms with van der Waals surface area (Å²) >= 11 is 0. The van der Waals surface area contributed by atoms with Crippen LogP contribution in [0.5, 0.6) is 0 Å². The molecule has 0 aromatic heterocycles. The highest BCUT2D eigenvalue weighted by atomic mass is 16.4. The van der Waals surface area contributed by atoms with Crippen LogP contribution < -0.4 is 5.32 Å². The lowest BCUT2D eigenvalue weighted by molar-refractivity contribution is -0.138. The van der Waals surface area contributed by atoms with Crippen LogP contribution in [0, 0.1) is 11.8 Å². The molecule has 116 valence electrons. The van der Waals surface area contributed by atoms with Gasteiger partial charge in [0.05, 0.1) is 13.1 Å². The van der Waals surface area contributed by atoms with Crippen LogP contribution in [-0.4, -0.2) is 47.6 Å². The van der Waals surface area contributed by atoms with Crippen LogP contribution >= 0.6 is 0 Å². The van der Waals surface area contributed by atoms with Gasteiger partial charge in [0.15, 0.2) is 0 Å². The number of carboxylic acids is 1. The molecule has 0 saturated heterocycles. The van der Waals surface area contributed by atoms with Gasteiger partial charge in [-0.15, -0.1) is 0 Å². The molecule has 5 heteroatoms. The SMILES string of the molecule is CC(C)CN(CC(=O)O)CC(=O)NC1CCCCC1C. The topological polar surface area (TPSA) is 69.6 Å². The van der Waals surface area contributed by atoms with Gasteiger partial charge >= 0.3 is 5.97 Å². The molecule has 20 heavy (non-hydrogen) atoms. The fourth-order valence-corrected chi connectivity index (χ4v) is 2.88. The Morgan fingerprint density at radius 3 is 2.45 bits per heavy atom. The molecule has 1 amide bonds. The smallest absolute Gasteiger partial charge is 0.317 e. The van der Waals surface area contributed by atoms with Gasteiger partial charge in [-0.3, -0.25) is 14.5 Å². The van der Waals surface area contributed by atoms with Crippen LogP contribution in [-0.2, 0) is 9.59 Å². The minimum atomic E-state index is -0.885. The van der Waals surface area contributed by atoms with E-state index < -0.39 is 5.97 Å². The number of carbonyl (C=O) groups is 2. The Labute approximate surface area is 121 Å². The predicted molar refractivity (Wildman–Crippen MR) is 78.5 cm³/mol. The van der Waals surface area contributed by atoms with Crippen LogP contribution in [0.4, 0.5) is 0 Å². The Morgan fingerprint density at radius 2 is 1.90 bits per heavy atom. The number of hydrogen-bond acceptors (Lipinski definition) is 3. The monoisotopic (exact) mass is 284 g/mol. The summed E-state index contributed by atoms with van der Waals surface area (Å²) in [6.45, 7) is 6.94. The van der Waals surface area contributed by atoms with Gasteiger partial charge < -0.3 is 10.4 Å². The number of carboxylic acid groups (broad SMARTS) is 1. The van der Waals surface area contributed by atoms with E-state index in [1.807, 2.05) is 13.8 Å². The first kappa shape index (κ1) is 17.0. The average Bonchev–Trinajstić information content (AvgIpc) is 2.30. The highest BCUT2D eigenvalue weighted by molar-refractivity contribution is 5.79. The van der Waals surface area contributed by atoms with E-state index in [0.717, 1.165) is 12.8 Å². The largest absolute Gasteiger partial charge is 0.480 e.